The van der Waals surface area contributed by atoms with Crippen LogP contribution in [0.1, 0.15) is 51.5 Å². The number of imidazole rings is 1. The number of nitrogens with zero attached hydrogens (tertiary/aromatic N) is 2. The maximum Gasteiger partial charge on any atom is 0.127 e. The van der Waals surface area contributed by atoms with E-state index in [1.807, 2.05) is 0 Å². The molecule has 104 valence electrons. The van der Waals surface area contributed by atoms with Crippen LogP contribution in [0.15, 0.2) is 18.2 Å². The van der Waals surface area contributed by atoms with E-state index in [-0.39, 0.29) is 11.5 Å². The van der Waals surface area contributed by atoms with E-state index in [9.17, 15) is 0 Å². The van der Waals surface area contributed by atoms with Crippen LogP contribution >= 0.6 is 0 Å². The van der Waals surface area contributed by atoms with Gasteiger partial charge in [-0.3, -0.25) is 0 Å². The van der Waals surface area contributed by atoms with Crippen LogP contribution in [-0.4, -0.2) is 9.55 Å². The number of nitrogens with two attached hydrogens (primary N) is 1. The molecule has 0 amide bonds. The topological polar surface area (TPSA) is 43.8 Å². The summed E-state index contributed by atoms with van der Waals surface area (Å²) >= 11 is 0. The molecule has 1 atom stereocenters. The Bertz CT molecular complexity index is 575. The van der Waals surface area contributed by atoms with E-state index in [1.165, 1.54) is 11.1 Å². The van der Waals surface area contributed by atoms with Crippen molar-refractivity contribution in [3.8, 4) is 0 Å². The highest BCUT2D eigenvalue weighted by Gasteiger charge is 2.27. The quantitative estimate of drug-likeness (QED) is 0.911. The van der Waals surface area contributed by atoms with E-state index in [0.29, 0.717) is 0 Å². The van der Waals surface area contributed by atoms with E-state index < -0.39 is 0 Å². The summed E-state index contributed by atoms with van der Waals surface area (Å²) in [4.78, 5) is 4.80. The molecule has 2 rings (SSSR count). The van der Waals surface area contributed by atoms with Gasteiger partial charge in [0.2, 0.25) is 0 Å². The lowest BCUT2D eigenvalue weighted by atomic mass is 9.87. The fraction of sp³-hybridized carbons (Fsp3) is 0.562. The Hall–Kier alpha value is -1.35. The molecule has 0 aliphatic heterocycles. The maximum absolute atomic E-state index is 6.42. The molecular weight excluding hydrogens is 234 g/mol. The summed E-state index contributed by atoms with van der Waals surface area (Å²) in [7, 11) is 0. The first kappa shape index (κ1) is 14.1. The second-order valence-corrected chi connectivity index (χ2v) is 6.46. The Morgan fingerprint density at radius 2 is 2.00 bits per heavy atom. The van der Waals surface area contributed by atoms with Crippen LogP contribution in [0.3, 0.4) is 0 Å². The molecular formula is C16H25N3. The molecule has 0 aliphatic rings. The fourth-order valence-electron chi connectivity index (χ4n) is 2.34. The summed E-state index contributed by atoms with van der Waals surface area (Å²) in [5, 5.41) is 0. The molecule has 0 spiro atoms. The number of fused-ring (bicyclic) bond motifs is 1. The maximum atomic E-state index is 6.42. The van der Waals surface area contributed by atoms with Crippen molar-refractivity contribution in [1.82, 2.24) is 9.55 Å². The summed E-state index contributed by atoms with van der Waals surface area (Å²) < 4.78 is 2.28. The zero-order valence-electron chi connectivity index (χ0n) is 12.7. The Kier molecular flexibility index (Phi) is 3.68. The van der Waals surface area contributed by atoms with Gasteiger partial charge in [0, 0.05) is 6.54 Å². The SMILES string of the molecule is CCCn1c(C(N)C(C)(C)C)nc2cc(C)ccc21. The minimum Gasteiger partial charge on any atom is -0.327 e. The van der Waals surface area contributed by atoms with Gasteiger partial charge < -0.3 is 10.3 Å². The van der Waals surface area contributed by atoms with Crippen LogP contribution in [0.25, 0.3) is 11.0 Å². The van der Waals surface area contributed by atoms with Gasteiger partial charge in [0.25, 0.3) is 0 Å². The van der Waals surface area contributed by atoms with Crippen LogP contribution in [-0.2, 0) is 6.54 Å². The molecule has 0 radical (unpaired) electrons. The Labute approximate surface area is 115 Å². The lowest BCUT2D eigenvalue weighted by Gasteiger charge is -2.27. The number of rotatable bonds is 3. The molecule has 2 N–H and O–H groups in total. The number of benzene rings is 1. The van der Waals surface area contributed by atoms with Crippen molar-refractivity contribution in [2.45, 2.75) is 53.6 Å². The predicted octanol–water partition coefficient (Wildman–Crippen LogP) is 3.80. The molecule has 19 heavy (non-hydrogen) atoms. The number of aromatic nitrogens is 2. The fourth-order valence-corrected chi connectivity index (χ4v) is 2.34. The first-order valence-electron chi connectivity index (χ1n) is 7.07. The Morgan fingerprint density at radius 3 is 2.58 bits per heavy atom. The third-order valence-corrected chi connectivity index (χ3v) is 3.59. The van der Waals surface area contributed by atoms with Crippen LogP contribution in [0, 0.1) is 12.3 Å². The summed E-state index contributed by atoms with van der Waals surface area (Å²) in [6.07, 6.45) is 1.09. The van der Waals surface area contributed by atoms with Gasteiger partial charge in [-0.15, -0.1) is 0 Å². The molecule has 1 aromatic carbocycles. The molecule has 0 bridgehead atoms. The highest BCUT2D eigenvalue weighted by molar-refractivity contribution is 5.77. The molecule has 0 fully saturated rings. The molecule has 2 aromatic rings. The minimum absolute atomic E-state index is 0.0158. The number of hydrogen-bond acceptors (Lipinski definition) is 2. The third kappa shape index (κ3) is 2.66. The highest BCUT2D eigenvalue weighted by atomic mass is 15.1. The van der Waals surface area contributed by atoms with E-state index in [1.54, 1.807) is 0 Å². The number of hydrogen-bond donors (Lipinski definition) is 1. The van der Waals surface area contributed by atoms with Crippen LogP contribution < -0.4 is 5.73 Å². The number of aryl methyl sites for hydroxylation is 2. The third-order valence-electron chi connectivity index (χ3n) is 3.59. The first-order chi connectivity index (χ1) is 8.84. The zero-order valence-corrected chi connectivity index (χ0v) is 12.7. The Balaban J connectivity index is 2.62. The van der Waals surface area contributed by atoms with Crippen molar-refractivity contribution in [2.75, 3.05) is 0 Å². The largest absolute Gasteiger partial charge is 0.327 e. The lowest BCUT2D eigenvalue weighted by Crippen LogP contribution is -2.29. The summed E-state index contributed by atoms with van der Waals surface area (Å²) in [6, 6.07) is 6.39. The average molecular weight is 259 g/mol. The van der Waals surface area contributed by atoms with Gasteiger partial charge in [0.1, 0.15) is 5.82 Å². The second-order valence-electron chi connectivity index (χ2n) is 6.46. The van der Waals surface area contributed by atoms with Crippen molar-refractivity contribution < 1.29 is 0 Å². The Morgan fingerprint density at radius 1 is 1.32 bits per heavy atom. The first-order valence-corrected chi connectivity index (χ1v) is 7.07. The lowest BCUT2D eigenvalue weighted by molar-refractivity contribution is 0.308. The van der Waals surface area contributed by atoms with E-state index in [2.05, 4.69) is 57.4 Å². The van der Waals surface area contributed by atoms with Crippen molar-refractivity contribution in [2.24, 2.45) is 11.1 Å². The second kappa shape index (κ2) is 4.97. The zero-order chi connectivity index (χ0) is 14.2. The highest BCUT2D eigenvalue weighted by Crippen LogP contribution is 2.32. The van der Waals surface area contributed by atoms with E-state index >= 15 is 0 Å². The van der Waals surface area contributed by atoms with Crippen molar-refractivity contribution in [3.05, 3.63) is 29.6 Å². The van der Waals surface area contributed by atoms with Gasteiger partial charge in [0.15, 0.2) is 0 Å². The summed E-state index contributed by atoms with van der Waals surface area (Å²) in [5.41, 5.74) is 9.93. The average Bonchev–Trinajstić information content (AvgIpc) is 2.65. The summed E-state index contributed by atoms with van der Waals surface area (Å²) in [5.74, 6) is 1.01. The smallest absolute Gasteiger partial charge is 0.127 e. The molecule has 3 heteroatoms. The molecule has 0 saturated carbocycles. The van der Waals surface area contributed by atoms with Crippen LogP contribution in [0.5, 0.6) is 0 Å². The molecule has 3 nitrogen and oxygen atoms in total. The monoisotopic (exact) mass is 259 g/mol. The molecule has 1 unspecified atom stereocenters. The minimum atomic E-state index is -0.0493. The van der Waals surface area contributed by atoms with E-state index in [4.69, 9.17) is 10.7 Å². The van der Waals surface area contributed by atoms with Gasteiger partial charge >= 0.3 is 0 Å². The predicted molar refractivity (Wildman–Crippen MR) is 81.1 cm³/mol. The van der Waals surface area contributed by atoms with Gasteiger partial charge in [-0.1, -0.05) is 33.8 Å². The normalized spacial score (nSPS) is 14.0. The van der Waals surface area contributed by atoms with Gasteiger partial charge in [-0.2, -0.15) is 0 Å². The molecule has 1 aromatic heterocycles. The molecule has 0 aliphatic carbocycles. The standard InChI is InChI=1S/C16H25N3/c1-6-9-19-13-8-7-11(2)10-12(13)18-15(19)14(17)16(3,4)5/h7-8,10,14H,6,9,17H2,1-5H3. The van der Waals surface area contributed by atoms with Crippen molar-refractivity contribution >= 4 is 11.0 Å². The molecule has 1 heterocycles. The van der Waals surface area contributed by atoms with E-state index in [0.717, 1.165) is 24.3 Å². The van der Waals surface area contributed by atoms with Crippen molar-refractivity contribution in [3.63, 3.8) is 0 Å². The summed E-state index contributed by atoms with van der Waals surface area (Å²) in [6.45, 7) is 11.8. The van der Waals surface area contributed by atoms with Crippen LogP contribution in [0.4, 0.5) is 0 Å². The van der Waals surface area contributed by atoms with Gasteiger partial charge in [-0.05, 0) is 36.5 Å². The van der Waals surface area contributed by atoms with Gasteiger partial charge in [-0.25, -0.2) is 4.98 Å². The van der Waals surface area contributed by atoms with Gasteiger partial charge in [0.05, 0.1) is 17.1 Å². The van der Waals surface area contributed by atoms with Crippen LogP contribution in [0.2, 0.25) is 0 Å². The molecule has 0 saturated heterocycles. The van der Waals surface area contributed by atoms with Crippen molar-refractivity contribution in [1.29, 1.82) is 0 Å².